The number of benzene rings is 2. The first kappa shape index (κ1) is 13.1. The fourth-order valence-corrected chi connectivity index (χ4v) is 1.92. The molecule has 0 bridgehead atoms. The van der Waals surface area contributed by atoms with E-state index in [1.807, 2.05) is 6.92 Å². The summed E-state index contributed by atoms with van der Waals surface area (Å²) < 4.78 is 13.2. The Morgan fingerprint density at radius 1 is 1.21 bits per heavy atom. The van der Waals surface area contributed by atoms with Crippen LogP contribution < -0.4 is 4.90 Å². The van der Waals surface area contributed by atoms with E-state index in [-0.39, 0.29) is 11.4 Å². The normalized spacial score (nSPS) is 10.3. The SMILES string of the molecule is Cc1ccc(C(=O)O)c(N(C)c2cccc(F)c2)c1. The number of nitrogens with zero attached hydrogens (tertiary/aromatic N) is 1. The lowest BCUT2D eigenvalue weighted by Gasteiger charge is -2.22. The maximum absolute atomic E-state index is 13.2. The standard InChI is InChI=1S/C15H14FNO2/c1-10-6-7-13(15(18)19)14(8-10)17(2)12-5-3-4-11(16)9-12/h3-9H,1-2H3,(H,18,19). The molecule has 0 aliphatic heterocycles. The molecule has 4 heteroatoms. The summed E-state index contributed by atoms with van der Waals surface area (Å²) in [6, 6.07) is 11.1. The van der Waals surface area contributed by atoms with Crippen LogP contribution in [0.5, 0.6) is 0 Å². The molecule has 0 fully saturated rings. The van der Waals surface area contributed by atoms with Crippen LogP contribution >= 0.6 is 0 Å². The molecule has 1 N–H and O–H groups in total. The van der Waals surface area contributed by atoms with Gasteiger partial charge < -0.3 is 10.0 Å². The number of hydrogen-bond donors (Lipinski definition) is 1. The fraction of sp³-hybridized carbons (Fsp3) is 0.133. The number of aromatic carboxylic acids is 1. The lowest BCUT2D eigenvalue weighted by molar-refractivity contribution is 0.0697. The Kier molecular flexibility index (Phi) is 3.51. The lowest BCUT2D eigenvalue weighted by atomic mass is 10.1. The maximum Gasteiger partial charge on any atom is 0.337 e. The van der Waals surface area contributed by atoms with Gasteiger partial charge in [-0.3, -0.25) is 0 Å². The van der Waals surface area contributed by atoms with E-state index < -0.39 is 5.97 Å². The molecular formula is C15H14FNO2. The van der Waals surface area contributed by atoms with Gasteiger partial charge in [0.25, 0.3) is 0 Å². The number of aryl methyl sites for hydroxylation is 1. The Morgan fingerprint density at radius 2 is 1.95 bits per heavy atom. The first-order chi connectivity index (χ1) is 8.99. The molecule has 0 heterocycles. The maximum atomic E-state index is 13.2. The van der Waals surface area contributed by atoms with Crippen LogP contribution in [0.2, 0.25) is 0 Å². The summed E-state index contributed by atoms with van der Waals surface area (Å²) in [4.78, 5) is 12.9. The van der Waals surface area contributed by atoms with Gasteiger partial charge in [-0.15, -0.1) is 0 Å². The quantitative estimate of drug-likeness (QED) is 0.915. The van der Waals surface area contributed by atoms with Crippen LogP contribution in [0.3, 0.4) is 0 Å². The molecule has 0 aromatic heterocycles. The van der Waals surface area contributed by atoms with Gasteiger partial charge in [-0.2, -0.15) is 0 Å². The molecule has 0 saturated carbocycles. The molecule has 2 rings (SSSR count). The van der Waals surface area contributed by atoms with Crippen LogP contribution in [0.15, 0.2) is 42.5 Å². The van der Waals surface area contributed by atoms with Crippen molar-refractivity contribution in [1.29, 1.82) is 0 Å². The predicted octanol–water partition coefficient (Wildman–Crippen LogP) is 3.60. The molecule has 3 nitrogen and oxygen atoms in total. The van der Waals surface area contributed by atoms with Gasteiger partial charge in [-0.1, -0.05) is 12.1 Å². The number of halogens is 1. The third kappa shape index (κ3) is 2.73. The van der Waals surface area contributed by atoms with E-state index in [2.05, 4.69) is 0 Å². The van der Waals surface area contributed by atoms with Crippen molar-refractivity contribution in [3.63, 3.8) is 0 Å². The number of carboxylic acid groups (broad SMARTS) is 1. The highest BCUT2D eigenvalue weighted by atomic mass is 19.1. The highest BCUT2D eigenvalue weighted by Gasteiger charge is 2.15. The summed E-state index contributed by atoms with van der Waals surface area (Å²) in [5, 5.41) is 9.21. The van der Waals surface area contributed by atoms with Crippen molar-refractivity contribution in [3.8, 4) is 0 Å². The highest BCUT2D eigenvalue weighted by Crippen LogP contribution is 2.28. The van der Waals surface area contributed by atoms with Crippen LogP contribution in [0.25, 0.3) is 0 Å². The van der Waals surface area contributed by atoms with E-state index in [0.717, 1.165) is 5.56 Å². The van der Waals surface area contributed by atoms with E-state index >= 15 is 0 Å². The average Bonchev–Trinajstić information content (AvgIpc) is 2.37. The topological polar surface area (TPSA) is 40.5 Å². The van der Waals surface area contributed by atoms with Crippen molar-refractivity contribution in [2.24, 2.45) is 0 Å². The zero-order valence-corrected chi connectivity index (χ0v) is 10.7. The van der Waals surface area contributed by atoms with Gasteiger partial charge in [0.2, 0.25) is 0 Å². The van der Waals surface area contributed by atoms with E-state index in [1.54, 1.807) is 42.3 Å². The van der Waals surface area contributed by atoms with Crippen LogP contribution in [0, 0.1) is 12.7 Å². The Morgan fingerprint density at radius 3 is 2.58 bits per heavy atom. The second-order valence-corrected chi connectivity index (χ2v) is 4.36. The minimum absolute atomic E-state index is 0.192. The van der Waals surface area contributed by atoms with Gasteiger partial charge in [0.1, 0.15) is 5.82 Å². The van der Waals surface area contributed by atoms with Crippen LogP contribution in [0.4, 0.5) is 15.8 Å². The van der Waals surface area contributed by atoms with Crippen LogP contribution in [0.1, 0.15) is 15.9 Å². The number of anilines is 2. The van der Waals surface area contributed by atoms with Crippen molar-refractivity contribution < 1.29 is 14.3 Å². The molecule has 0 saturated heterocycles. The minimum Gasteiger partial charge on any atom is -0.478 e. The molecule has 0 aliphatic carbocycles. The summed E-state index contributed by atoms with van der Waals surface area (Å²) in [5.41, 5.74) is 2.28. The molecule has 0 spiro atoms. The molecular weight excluding hydrogens is 245 g/mol. The first-order valence-corrected chi connectivity index (χ1v) is 5.82. The van der Waals surface area contributed by atoms with Gasteiger partial charge >= 0.3 is 5.97 Å². The zero-order chi connectivity index (χ0) is 14.0. The molecule has 2 aromatic carbocycles. The lowest BCUT2D eigenvalue weighted by Crippen LogP contribution is -2.14. The van der Waals surface area contributed by atoms with Gasteiger partial charge in [-0.25, -0.2) is 9.18 Å². The van der Waals surface area contributed by atoms with Crippen molar-refractivity contribution in [1.82, 2.24) is 0 Å². The predicted molar refractivity (Wildman–Crippen MR) is 72.6 cm³/mol. The number of carbonyl (C=O) groups is 1. The third-order valence-corrected chi connectivity index (χ3v) is 2.94. The molecule has 0 aliphatic rings. The number of hydrogen-bond acceptors (Lipinski definition) is 2. The van der Waals surface area contributed by atoms with Gasteiger partial charge in [-0.05, 0) is 42.8 Å². The number of carboxylic acids is 1. The molecule has 0 unspecified atom stereocenters. The van der Waals surface area contributed by atoms with Crippen molar-refractivity contribution in [2.75, 3.05) is 11.9 Å². The van der Waals surface area contributed by atoms with Gasteiger partial charge in [0.15, 0.2) is 0 Å². The average molecular weight is 259 g/mol. The van der Waals surface area contributed by atoms with Crippen LogP contribution in [-0.4, -0.2) is 18.1 Å². The number of rotatable bonds is 3. The monoisotopic (exact) mass is 259 g/mol. The molecule has 0 amide bonds. The summed E-state index contributed by atoms with van der Waals surface area (Å²) >= 11 is 0. The fourth-order valence-electron chi connectivity index (χ4n) is 1.92. The van der Waals surface area contributed by atoms with E-state index in [4.69, 9.17) is 0 Å². The Bertz CT molecular complexity index is 625. The largest absolute Gasteiger partial charge is 0.478 e. The molecule has 0 radical (unpaired) electrons. The van der Waals surface area contributed by atoms with E-state index in [9.17, 15) is 14.3 Å². The Labute approximate surface area is 110 Å². The Balaban J connectivity index is 2.51. The summed E-state index contributed by atoms with van der Waals surface area (Å²) in [6.45, 7) is 1.88. The summed E-state index contributed by atoms with van der Waals surface area (Å²) in [5.74, 6) is -1.35. The molecule has 2 aromatic rings. The highest BCUT2D eigenvalue weighted by molar-refractivity contribution is 5.95. The first-order valence-electron chi connectivity index (χ1n) is 5.82. The van der Waals surface area contributed by atoms with Crippen molar-refractivity contribution in [2.45, 2.75) is 6.92 Å². The minimum atomic E-state index is -1.00. The molecule has 98 valence electrons. The van der Waals surface area contributed by atoms with E-state index in [1.165, 1.54) is 12.1 Å². The Hall–Kier alpha value is -2.36. The zero-order valence-electron chi connectivity index (χ0n) is 10.7. The van der Waals surface area contributed by atoms with Gasteiger partial charge in [0, 0.05) is 12.7 Å². The second kappa shape index (κ2) is 5.10. The van der Waals surface area contributed by atoms with Crippen molar-refractivity contribution >= 4 is 17.3 Å². The smallest absolute Gasteiger partial charge is 0.337 e. The molecule has 19 heavy (non-hydrogen) atoms. The third-order valence-electron chi connectivity index (χ3n) is 2.94. The van der Waals surface area contributed by atoms with Crippen LogP contribution in [-0.2, 0) is 0 Å². The van der Waals surface area contributed by atoms with Crippen molar-refractivity contribution in [3.05, 3.63) is 59.4 Å². The summed E-state index contributed by atoms with van der Waals surface area (Å²) in [6.07, 6.45) is 0. The van der Waals surface area contributed by atoms with Gasteiger partial charge in [0.05, 0.1) is 11.3 Å². The molecule has 0 atom stereocenters. The van der Waals surface area contributed by atoms with E-state index in [0.29, 0.717) is 11.4 Å². The second-order valence-electron chi connectivity index (χ2n) is 4.36. The summed E-state index contributed by atoms with van der Waals surface area (Å²) in [7, 11) is 1.72.